The largest absolute Gasteiger partial charge is 0.416 e. The van der Waals surface area contributed by atoms with Crippen LogP contribution in [-0.2, 0) is 4.74 Å². The van der Waals surface area contributed by atoms with Crippen molar-refractivity contribution in [3.8, 4) is 22.9 Å². The van der Waals surface area contributed by atoms with Crippen molar-refractivity contribution in [2.75, 3.05) is 26.3 Å². The predicted octanol–water partition coefficient (Wildman–Crippen LogP) is 4.21. The van der Waals surface area contributed by atoms with Gasteiger partial charge in [0.1, 0.15) is 0 Å². The quantitative estimate of drug-likeness (QED) is 0.630. The summed E-state index contributed by atoms with van der Waals surface area (Å²) in [7, 11) is 0. The number of aryl methyl sites for hydroxylation is 1. The zero-order valence-electron chi connectivity index (χ0n) is 16.8. The Bertz CT molecular complexity index is 975. The highest BCUT2D eigenvalue weighted by molar-refractivity contribution is 5.94. The van der Waals surface area contributed by atoms with Gasteiger partial charge < -0.3 is 14.1 Å². The Balaban J connectivity index is 1.49. The molecule has 1 amide bonds. The van der Waals surface area contributed by atoms with Crippen LogP contribution in [0, 0.1) is 12.8 Å². The van der Waals surface area contributed by atoms with Crippen LogP contribution in [0.4, 0.5) is 0 Å². The normalized spacial score (nSPS) is 16.1. The van der Waals surface area contributed by atoms with Crippen molar-refractivity contribution < 1.29 is 13.9 Å². The molecule has 0 bridgehead atoms. The number of ether oxygens (including phenoxy) is 1. The lowest BCUT2D eigenvalue weighted by Crippen LogP contribution is -2.35. The van der Waals surface area contributed by atoms with Gasteiger partial charge in [0.25, 0.3) is 5.91 Å². The first-order valence-corrected chi connectivity index (χ1v) is 10.0. The Morgan fingerprint density at radius 2 is 1.86 bits per heavy atom. The number of nitrogens with zero attached hydrogens (tertiary/aromatic N) is 3. The molecular formula is C23H25N3O3. The van der Waals surface area contributed by atoms with Crippen LogP contribution in [-0.4, -0.2) is 47.3 Å². The molecule has 29 heavy (non-hydrogen) atoms. The summed E-state index contributed by atoms with van der Waals surface area (Å²) in [5.74, 6) is 1.40. The molecule has 2 aromatic carbocycles. The van der Waals surface area contributed by atoms with Crippen LogP contribution in [0.5, 0.6) is 0 Å². The van der Waals surface area contributed by atoms with Crippen LogP contribution < -0.4 is 0 Å². The highest BCUT2D eigenvalue weighted by Gasteiger charge is 2.22. The van der Waals surface area contributed by atoms with Crippen LogP contribution in [0.3, 0.4) is 0 Å². The van der Waals surface area contributed by atoms with E-state index in [-0.39, 0.29) is 5.91 Å². The number of hydrogen-bond donors (Lipinski definition) is 0. The molecule has 2 heterocycles. The number of carbonyl (C=O) groups is 1. The summed E-state index contributed by atoms with van der Waals surface area (Å²) >= 11 is 0. The molecule has 1 atom stereocenters. The molecule has 1 aliphatic rings. The lowest BCUT2D eigenvalue weighted by molar-refractivity contribution is 0.0731. The Morgan fingerprint density at radius 3 is 2.55 bits per heavy atom. The fourth-order valence-corrected chi connectivity index (χ4v) is 3.59. The zero-order valence-corrected chi connectivity index (χ0v) is 16.8. The second-order valence-corrected chi connectivity index (χ2v) is 7.38. The van der Waals surface area contributed by atoms with Crippen molar-refractivity contribution in [1.29, 1.82) is 0 Å². The maximum absolute atomic E-state index is 12.9. The second-order valence-electron chi connectivity index (χ2n) is 7.38. The van der Waals surface area contributed by atoms with E-state index in [2.05, 4.69) is 10.2 Å². The molecule has 0 spiro atoms. The van der Waals surface area contributed by atoms with E-state index in [0.29, 0.717) is 29.8 Å². The average Bonchev–Trinajstić information content (AvgIpc) is 3.44. The third kappa shape index (κ3) is 4.22. The molecule has 0 N–H and O–H groups in total. The fourth-order valence-electron chi connectivity index (χ4n) is 3.59. The van der Waals surface area contributed by atoms with Crippen molar-refractivity contribution in [1.82, 2.24) is 15.1 Å². The molecule has 150 valence electrons. The smallest absolute Gasteiger partial charge is 0.253 e. The molecule has 0 saturated carbocycles. The molecule has 6 nitrogen and oxygen atoms in total. The van der Waals surface area contributed by atoms with Gasteiger partial charge in [-0.2, -0.15) is 0 Å². The lowest BCUT2D eigenvalue weighted by atomic mass is 10.1. The van der Waals surface area contributed by atoms with Crippen LogP contribution in [0.25, 0.3) is 22.9 Å². The standard InChI is InChI=1S/C23H25N3O3/c1-3-26(14-17-12-13-28-15-17)23(27)19-10-8-18(9-11-19)21-24-25-22(29-21)20-7-5-4-6-16(20)2/h4-11,17H,3,12-15H2,1-2H3. The number of rotatable bonds is 6. The molecule has 3 aromatic rings. The van der Waals surface area contributed by atoms with Crippen molar-refractivity contribution in [3.05, 3.63) is 59.7 Å². The molecule has 0 aliphatic carbocycles. The highest BCUT2D eigenvalue weighted by Crippen LogP contribution is 2.26. The zero-order chi connectivity index (χ0) is 20.2. The molecular weight excluding hydrogens is 366 g/mol. The number of carbonyl (C=O) groups excluding carboxylic acids is 1. The molecule has 1 aliphatic heterocycles. The van der Waals surface area contributed by atoms with E-state index in [4.69, 9.17) is 9.15 Å². The van der Waals surface area contributed by atoms with Gasteiger partial charge in [0, 0.05) is 42.3 Å². The van der Waals surface area contributed by atoms with Crippen molar-refractivity contribution in [2.45, 2.75) is 20.3 Å². The Kier molecular flexibility index (Phi) is 5.71. The third-order valence-electron chi connectivity index (χ3n) is 5.35. The monoisotopic (exact) mass is 391 g/mol. The summed E-state index contributed by atoms with van der Waals surface area (Å²) in [6.07, 6.45) is 1.02. The van der Waals surface area contributed by atoms with Gasteiger partial charge >= 0.3 is 0 Å². The number of amides is 1. The van der Waals surface area contributed by atoms with Gasteiger partial charge in [-0.05, 0) is 56.2 Å². The average molecular weight is 391 g/mol. The van der Waals surface area contributed by atoms with E-state index >= 15 is 0 Å². The topological polar surface area (TPSA) is 68.5 Å². The first-order chi connectivity index (χ1) is 14.2. The van der Waals surface area contributed by atoms with Crippen molar-refractivity contribution >= 4 is 5.91 Å². The number of hydrogen-bond acceptors (Lipinski definition) is 5. The minimum atomic E-state index is 0.0390. The maximum Gasteiger partial charge on any atom is 0.253 e. The number of aromatic nitrogens is 2. The van der Waals surface area contributed by atoms with E-state index in [1.54, 1.807) is 0 Å². The molecule has 1 aromatic heterocycles. The van der Waals surface area contributed by atoms with Gasteiger partial charge in [-0.1, -0.05) is 18.2 Å². The summed E-state index contributed by atoms with van der Waals surface area (Å²) in [4.78, 5) is 14.8. The van der Waals surface area contributed by atoms with Crippen LogP contribution in [0.15, 0.2) is 52.9 Å². The summed E-state index contributed by atoms with van der Waals surface area (Å²) in [6, 6.07) is 15.3. The molecule has 1 fully saturated rings. The maximum atomic E-state index is 12.9. The molecule has 1 saturated heterocycles. The summed E-state index contributed by atoms with van der Waals surface area (Å²) < 4.78 is 11.3. The van der Waals surface area contributed by atoms with Crippen LogP contribution in [0.2, 0.25) is 0 Å². The number of benzene rings is 2. The summed E-state index contributed by atoms with van der Waals surface area (Å²) in [6.45, 7) is 6.97. The third-order valence-corrected chi connectivity index (χ3v) is 5.35. The van der Waals surface area contributed by atoms with Crippen molar-refractivity contribution in [2.24, 2.45) is 5.92 Å². The first kappa shape index (κ1) is 19.3. The van der Waals surface area contributed by atoms with E-state index in [0.717, 1.165) is 42.9 Å². The van der Waals surface area contributed by atoms with Crippen LogP contribution >= 0.6 is 0 Å². The molecule has 4 rings (SSSR count). The Hall–Kier alpha value is -2.99. The minimum Gasteiger partial charge on any atom is -0.416 e. The van der Waals surface area contributed by atoms with E-state index in [1.807, 2.05) is 67.3 Å². The van der Waals surface area contributed by atoms with E-state index in [1.165, 1.54) is 0 Å². The minimum absolute atomic E-state index is 0.0390. The van der Waals surface area contributed by atoms with Crippen molar-refractivity contribution in [3.63, 3.8) is 0 Å². The van der Waals surface area contributed by atoms with Gasteiger partial charge in [-0.25, -0.2) is 0 Å². The SMILES string of the molecule is CCN(CC1CCOC1)C(=O)c1ccc(-c2nnc(-c3ccccc3C)o2)cc1. The highest BCUT2D eigenvalue weighted by atomic mass is 16.5. The lowest BCUT2D eigenvalue weighted by Gasteiger charge is -2.23. The fraction of sp³-hybridized carbons (Fsp3) is 0.348. The second kappa shape index (κ2) is 8.57. The Morgan fingerprint density at radius 1 is 1.10 bits per heavy atom. The van der Waals surface area contributed by atoms with Gasteiger partial charge in [-0.3, -0.25) is 4.79 Å². The van der Waals surface area contributed by atoms with E-state index < -0.39 is 0 Å². The van der Waals surface area contributed by atoms with Gasteiger partial charge in [-0.15, -0.1) is 10.2 Å². The summed E-state index contributed by atoms with van der Waals surface area (Å²) in [5, 5.41) is 8.35. The first-order valence-electron chi connectivity index (χ1n) is 10.0. The van der Waals surface area contributed by atoms with Crippen LogP contribution in [0.1, 0.15) is 29.3 Å². The summed E-state index contributed by atoms with van der Waals surface area (Å²) in [5.41, 5.74) is 3.46. The van der Waals surface area contributed by atoms with Gasteiger partial charge in [0.2, 0.25) is 11.8 Å². The van der Waals surface area contributed by atoms with Gasteiger partial charge in [0.15, 0.2) is 0 Å². The molecule has 6 heteroatoms. The molecule has 1 unspecified atom stereocenters. The van der Waals surface area contributed by atoms with E-state index in [9.17, 15) is 4.79 Å². The van der Waals surface area contributed by atoms with Gasteiger partial charge in [0.05, 0.1) is 6.61 Å². The Labute approximate surface area is 170 Å². The molecule has 0 radical (unpaired) electrons. The predicted molar refractivity (Wildman–Crippen MR) is 110 cm³/mol.